The minimum absolute atomic E-state index is 0.0268. The molecule has 0 aromatic carbocycles. The van der Waals surface area contributed by atoms with E-state index in [1.807, 2.05) is 13.8 Å². The van der Waals surface area contributed by atoms with Crippen LogP contribution >= 0.6 is 0 Å². The van der Waals surface area contributed by atoms with Crippen molar-refractivity contribution in [3.8, 4) is 0 Å². The van der Waals surface area contributed by atoms with Crippen molar-refractivity contribution in [3.63, 3.8) is 0 Å². The molecule has 5 nitrogen and oxygen atoms in total. The molecule has 0 unspecified atom stereocenters. The van der Waals surface area contributed by atoms with Crippen molar-refractivity contribution in [2.24, 2.45) is 34.5 Å². The van der Waals surface area contributed by atoms with Crippen LogP contribution in [0.3, 0.4) is 0 Å². The van der Waals surface area contributed by atoms with Crippen molar-refractivity contribution < 1.29 is 33.3 Å². The molecule has 4 fully saturated rings. The first-order chi connectivity index (χ1) is 15.9. The highest BCUT2D eigenvalue weighted by Gasteiger charge is 2.79. The van der Waals surface area contributed by atoms with Gasteiger partial charge < -0.3 is 14.9 Å². The van der Waals surface area contributed by atoms with Crippen molar-refractivity contribution in [2.75, 3.05) is 6.61 Å². The summed E-state index contributed by atoms with van der Waals surface area (Å²) in [6.45, 7) is 5.51. The third-order valence-electron chi connectivity index (χ3n) is 10.1. The van der Waals surface area contributed by atoms with Crippen LogP contribution in [0.2, 0.25) is 0 Å². The Morgan fingerprint density at radius 1 is 1.29 bits per heavy atom. The Morgan fingerprint density at radius 2 is 2.03 bits per heavy atom. The first-order valence-corrected chi connectivity index (χ1v) is 12.8. The number of alkyl halides is 2. The van der Waals surface area contributed by atoms with Crippen molar-refractivity contribution in [1.29, 1.82) is 0 Å². The van der Waals surface area contributed by atoms with Gasteiger partial charge in [0.2, 0.25) is 0 Å². The molecule has 5 rings (SSSR count). The molecule has 1 spiro atoms. The normalized spacial score (nSPS) is 50.9. The summed E-state index contributed by atoms with van der Waals surface area (Å²) >= 11 is 0. The third-order valence-corrected chi connectivity index (χ3v) is 10.1. The fraction of sp³-hybridized carbons (Fsp3) is 0.778. The molecule has 5 aliphatic rings. The molecule has 0 saturated heterocycles. The van der Waals surface area contributed by atoms with E-state index in [4.69, 9.17) is 4.74 Å². The second-order valence-electron chi connectivity index (χ2n) is 11.9. The molecule has 188 valence electrons. The maximum atomic E-state index is 17.1. The highest BCUT2D eigenvalue weighted by atomic mass is 19.1. The Balaban J connectivity index is 1.44. The number of allylic oxidation sites excluding steroid dienone is 4. The molecule has 7 heteroatoms. The summed E-state index contributed by atoms with van der Waals surface area (Å²) in [7, 11) is 0. The largest absolute Gasteiger partial charge is 0.463 e. The molecule has 10 atom stereocenters. The van der Waals surface area contributed by atoms with Crippen LogP contribution in [-0.2, 0) is 14.3 Å². The van der Waals surface area contributed by atoms with Crippen molar-refractivity contribution >= 4 is 11.8 Å². The molecule has 0 aliphatic heterocycles. The zero-order valence-corrected chi connectivity index (χ0v) is 20.2. The van der Waals surface area contributed by atoms with Gasteiger partial charge in [0.05, 0.1) is 6.10 Å². The van der Waals surface area contributed by atoms with Gasteiger partial charge in [0, 0.05) is 17.8 Å². The molecular weight excluding hydrogens is 442 g/mol. The van der Waals surface area contributed by atoms with E-state index in [1.165, 1.54) is 18.2 Å². The van der Waals surface area contributed by atoms with Crippen LogP contribution in [0.1, 0.15) is 65.7 Å². The summed E-state index contributed by atoms with van der Waals surface area (Å²) in [6.07, 6.45) is 4.10. The van der Waals surface area contributed by atoms with Gasteiger partial charge in [-0.3, -0.25) is 9.59 Å². The number of halogens is 2. The van der Waals surface area contributed by atoms with Crippen molar-refractivity contribution in [2.45, 2.75) is 89.3 Å². The van der Waals surface area contributed by atoms with Crippen molar-refractivity contribution in [1.82, 2.24) is 0 Å². The number of hydrogen-bond donors (Lipinski definition) is 2. The smallest absolute Gasteiger partial charge is 0.305 e. The minimum atomic E-state index is -2.09. The van der Waals surface area contributed by atoms with E-state index in [9.17, 15) is 19.8 Å². The minimum Gasteiger partial charge on any atom is -0.463 e. The predicted molar refractivity (Wildman–Crippen MR) is 121 cm³/mol. The number of ketones is 1. The van der Waals surface area contributed by atoms with Gasteiger partial charge in [0.15, 0.2) is 11.5 Å². The van der Waals surface area contributed by atoms with Crippen LogP contribution in [0.25, 0.3) is 0 Å². The second-order valence-corrected chi connectivity index (χ2v) is 11.9. The lowest BCUT2D eigenvalue weighted by Gasteiger charge is -2.68. The first kappa shape index (κ1) is 24.1. The van der Waals surface area contributed by atoms with E-state index in [0.29, 0.717) is 19.3 Å². The monoisotopic (exact) mass is 478 g/mol. The Labute approximate surface area is 199 Å². The number of hydrogen-bond acceptors (Lipinski definition) is 5. The quantitative estimate of drug-likeness (QED) is 0.584. The summed E-state index contributed by atoms with van der Waals surface area (Å²) in [5.41, 5.74) is -5.07. The molecule has 0 bridgehead atoms. The van der Waals surface area contributed by atoms with E-state index in [2.05, 4.69) is 0 Å². The molecule has 0 amide bonds. The van der Waals surface area contributed by atoms with Crippen LogP contribution in [0.5, 0.6) is 0 Å². The molecular formula is C27H36F2O5. The van der Waals surface area contributed by atoms with Gasteiger partial charge in [-0.25, -0.2) is 8.78 Å². The summed E-state index contributed by atoms with van der Waals surface area (Å²) in [6, 6.07) is 0. The lowest BCUT2D eigenvalue weighted by Crippen LogP contribution is -2.74. The van der Waals surface area contributed by atoms with Gasteiger partial charge in [-0.1, -0.05) is 26.3 Å². The first-order valence-electron chi connectivity index (χ1n) is 12.8. The lowest BCUT2D eigenvalue weighted by molar-refractivity contribution is -0.283. The van der Waals surface area contributed by atoms with E-state index < -0.39 is 40.3 Å². The Kier molecular flexibility index (Phi) is 5.46. The van der Waals surface area contributed by atoms with Gasteiger partial charge in [-0.15, -0.1) is 0 Å². The number of fused-ring (bicyclic) bond motifs is 4. The van der Waals surface area contributed by atoms with Gasteiger partial charge in [-0.2, -0.15) is 0 Å². The topological polar surface area (TPSA) is 83.8 Å². The number of aliphatic hydroxyl groups excluding tert-OH is 1. The molecule has 0 radical (unpaired) electrons. The maximum absolute atomic E-state index is 17.1. The molecule has 4 saturated carbocycles. The number of carbonyl (C=O) groups is 2. The standard InChI is InChI=1S/C27H36F2O5/c1-4-5-6-22(32)34-14-26(33)13-25-12-21(31)27(29)18(17(25)9-15(2)23(25)26)11-20(28)19-10-16(30)7-8-24(19,27)3/h7-8,10,15,17-18,20-21,23,31,33H,4-6,9,11-14H2,1-3H3/t15-,17+,18+,20+,21+,23+,24+,25-,26-,27+/m1/s1. The highest BCUT2D eigenvalue weighted by Crippen LogP contribution is 2.77. The van der Waals surface area contributed by atoms with E-state index in [-0.39, 0.29) is 54.5 Å². The van der Waals surface area contributed by atoms with Gasteiger partial charge in [0.25, 0.3) is 0 Å². The van der Waals surface area contributed by atoms with Gasteiger partial charge in [-0.05, 0) is 79.9 Å². The zero-order valence-electron chi connectivity index (χ0n) is 20.2. The summed E-state index contributed by atoms with van der Waals surface area (Å²) < 4.78 is 38.0. The van der Waals surface area contributed by atoms with Crippen molar-refractivity contribution in [3.05, 3.63) is 23.8 Å². The number of rotatable bonds is 5. The predicted octanol–water partition coefficient (Wildman–Crippen LogP) is 4.02. The molecule has 34 heavy (non-hydrogen) atoms. The Bertz CT molecular complexity index is 963. The van der Waals surface area contributed by atoms with Crippen LogP contribution in [0, 0.1) is 34.5 Å². The lowest BCUT2D eigenvalue weighted by atomic mass is 9.38. The fourth-order valence-corrected chi connectivity index (χ4v) is 9.00. The van der Waals surface area contributed by atoms with Gasteiger partial charge >= 0.3 is 5.97 Å². The summed E-state index contributed by atoms with van der Waals surface area (Å²) in [5, 5.41) is 22.8. The SMILES string of the molecule is CCCCC(=O)OC[C@]1(O)C[C@]23C[C@H](O)[C@@]4(F)[C@@H](C[C@H](F)C5=CC(=O)C=C[C@@]54C)[C@@H]2C[C@@H](C)[C@H]13. The second kappa shape index (κ2) is 7.70. The Hall–Kier alpha value is -1.60. The molecule has 0 aromatic heterocycles. The van der Waals surface area contributed by atoms with Crippen LogP contribution in [-0.4, -0.2) is 52.1 Å². The molecule has 0 aromatic rings. The average Bonchev–Trinajstić information content (AvgIpc) is 3.01. The highest BCUT2D eigenvalue weighted by molar-refractivity contribution is 6.01. The number of esters is 1. The molecule has 5 aliphatic carbocycles. The van der Waals surface area contributed by atoms with E-state index >= 15 is 8.78 Å². The maximum Gasteiger partial charge on any atom is 0.305 e. The number of ether oxygens (including phenoxy) is 1. The van der Waals surface area contributed by atoms with E-state index in [0.717, 1.165) is 12.8 Å². The third kappa shape index (κ3) is 2.95. The molecule has 0 heterocycles. The van der Waals surface area contributed by atoms with Crippen LogP contribution in [0.4, 0.5) is 8.78 Å². The average molecular weight is 479 g/mol. The molecule has 2 N–H and O–H groups in total. The number of aliphatic hydroxyl groups is 2. The summed E-state index contributed by atoms with van der Waals surface area (Å²) in [4.78, 5) is 24.0. The van der Waals surface area contributed by atoms with Crippen LogP contribution in [0.15, 0.2) is 23.8 Å². The fourth-order valence-electron chi connectivity index (χ4n) is 9.00. The zero-order chi connectivity index (χ0) is 24.7. The summed E-state index contributed by atoms with van der Waals surface area (Å²) in [5.74, 6) is -1.82. The number of carbonyl (C=O) groups excluding carboxylic acids is 2. The van der Waals surface area contributed by atoms with Gasteiger partial charge in [0.1, 0.15) is 18.4 Å². The Morgan fingerprint density at radius 3 is 2.74 bits per heavy atom. The number of unbranched alkanes of at least 4 members (excludes halogenated alkanes) is 1. The van der Waals surface area contributed by atoms with Crippen LogP contribution < -0.4 is 0 Å². The van der Waals surface area contributed by atoms with E-state index in [1.54, 1.807) is 6.92 Å².